The van der Waals surface area contributed by atoms with Gasteiger partial charge in [-0.1, -0.05) is 55.8 Å². The van der Waals surface area contributed by atoms with E-state index in [9.17, 15) is 5.11 Å². The van der Waals surface area contributed by atoms with Gasteiger partial charge < -0.3 is 5.11 Å². The molecule has 1 nitrogen and oxygen atoms in total. The summed E-state index contributed by atoms with van der Waals surface area (Å²) in [5.74, 6) is 0.434. The first-order valence-electron chi connectivity index (χ1n) is 7.01. The maximum absolute atomic E-state index is 9.80. The highest BCUT2D eigenvalue weighted by molar-refractivity contribution is 7.16. The van der Waals surface area contributed by atoms with Crippen molar-refractivity contribution < 1.29 is 5.11 Å². The van der Waals surface area contributed by atoms with E-state index < -0.39 is 0 Å². The van der Waals surface area contributed by atoms with Crippen LogP contribution >= 0.6 is 11.3 Å². The molecule has 20 heavy (non-hydrogen) atoms. The summed E-state index contributed by atoms with van der Waals surface area (Å²) in [5, 5.41) is 9.80. The number of benzene rings is 1. The summed E-state index contributed by atoms with van der Waals surface area (Å²) in [7, 11) is 0. The summed E-state index contributed by atoms with van der Waals surface area (Å²) in [6.07, 6.45) is 2.19. The summed E-state index contributed by atoms with van der Waals surface area (Å²) < 4.78 is 0. The lowest BCUT2D eigenvalue weighted by molar-refractivity contribution is 0.280. The van der Waals surface area contributed by atoms with Crippen molar-refractivity contribution in [3.8, 4) is 10.4 Å². The van der Waals surface area contributed by atoms with E-state index in [4.69, 9.17) is 0 Å². The van der Waals surface area contributed by atoms with E-state index in [0.29, 0.717) is 5.92 Å². The zero-order valence-electron chi connectivity index (χ0n) is 12.6. The molecule has 2 aromatic rings. The molecule has 0 bridgehead atoms. The quantitative estimate of drug-likeness (QED) is 0.792. The van der Waals surface area contributed by atoms with Crippen molar-refractivity contribution >= 4 is 17.4 Å². The van der Waals surface area contributed by atoms with Crippen molar-refractivity contribution in [3.63, 3.8) is 0 Å². The number of aliphatic hydroxyl groups is 1. The van der Waals surface area contributed by atoms with E-state index in [2.05, 4.69) is 58.0 Å². The van der Waals surface area contributed by atoms with Crippen LogP contribution in [0.25, 0.3) is 16.5 Å². The molecule has 0 fully saturated rings. The maximum Gasteiger partial charge on any atom is 0.0698 e. The molecule has 1 aromatic heterocycles. The molecule has 0 unspecified atom stereocenters. The molecule has 1 N–H and O–H groups in total. The molecule has 2 heteroatoms. The zero-order chi connectivity index (χ0) is 14.7. The summed E-state index contributed by atoms with van der Waals surface area (Å²) in [4.78, 5) is 2.55. The van der Waals surface area contributed by atoms with Gasteiger partial charge in [-0.25, -0.2) is 0 Å². The predicted molar refractivity (Wildman–Crippen MR) is 89.1 cm³/mol. The Bertz CT molecular complexity index is 602. The third kappa shape index (κ3) is 3.02. The number of hydrogen-bond donors (Lipinski definition) is 1. The second-order valence-corrected chi connectivity index (χ2v) is 6.64. The number of hydrogen-bond acceptors (Lipinski definition) is 2. The largest absolute Gasteiger partial charge is 0.392 e. The van der Waals surface area contributed by atoms with Crippen molar-refractivity contribution in [1.82, 2.24) is 0 Å². The van der Waals surface area contributed by atoms with Crippen LogP contribution in [-0.4, -0.2) is 5.11 Å². The summed E-state index contributed by atoms with van der Waals surface area (Å²) in [6, 6.07) is 10.4. The van der Waals surface area contributed by atoms with Gasteiger partial charge >= 0.3 is 0 Å². The number of rotatable bonds is 4. The lowest BCUT2D eigenvalue weighted by atomic mass is 9.99. The van der Waals surface area contributed by atoms with Crippen LogP contribution in [0.3, 0.4) is 0 Å². The van der Waals surface area contributed by atoms with Crippen LogP contribution in [0, 0.1) is 0 Å². The molecule has 0 amide bonds. The van der Waals surface area contributed by atoms with Crippen molar-refractivity contribution in [3.05, 3.63) is 51.9 Å². The van der Waals surface area contributed by atoms with Gasteiger partial charge in [0.15, 0.2) is 0 Å². The monoisotopic (exact) mass is 286 g/mol. The van der Waals surface area contributed by atoms with Crippen molar-refractivity contribution in [1.29, 1.82) is 0 Å². The van der Waals surface area contributed by atoms with E-state index in [0.717, 1.165) is 5.56 Å². The Balaban J connectivity index is 2.70. The average molecular weight is 286 g/mol. The molecular weight excluding hydrogens is 264 g/mol. The van der Waals surface area contributed by atoms with Crippen LogP contribution in [0.15, 0.2) is 35.9 Å². The number of aliphatic hydroxyl groups excluding tert-OH is 1. The summed E-state index contributed by atoms with van der Waals surface area (Å²) >= 11 is 1.81. The summed E-state index contributed by atoms with van der Waals surface area (Å²) in [6.45, 7) is 8.68. The van der Waals surface area contributed by atoms with E-state index in [-0.39, 0.29) is 6.61 Å². The average Bonchev–Trinajstić information content (AvgIpc) is 2.77. The molecule has 0 aliphatic heterocycles. The van der Waals surface area contributed by atoms with E-state index in [1.165, 1.54) is 26.5 Å². The molecule has 2 rings (SSSR count). The minimum absolute atomic E-state index is 0.107. The van der Waals surface area contributed by atoms with Crippen molar-refractivity contribution in [2.75, 3.05) is 0 Å². The Kier molecular flexibility index (Phi) is 4.79. The van der Waals surface area contributed by atoms with Gasteiger partial charge in [-0.3, -0.25) is 0 Å². The lowest BCUT2D eigenvalue weighted by Crippen LogP contribution is -1.93. The van der Waals surface area contributed by atoms with Crippen LogP contribution in [0.1, 0.15) is 49.6 Å². The third-order valence-corrected chi connectivity index (χ3v) is 4.83. The summed E-state index contributed by atoms with van der Waals surface area (Å²) in [5.41, 5.74) is 4.76. The molecule has 0 atom stereocenters. The molecule has 0 spiro atoms. The van der Waals surface area contributed by atoms with Gasteiger partial charge in [0.25, 0.3) is 0 Å². The lowest BCUT2D eigenvalue weighted by Gasteiger charge is -2.06. The molecule has 0 aliphatic rings. The Labute approximate surface area is 125 Å². The minimum atomic E-state index is 0.107. The molecular formula is C18H22OS. The fourth-order valence-electron chi connectivity index (χ4n) is 2.37. The van der Waals surface area contributed by atoms with Gasteiger partial charge in [-0.2, -0.15) is 0 Å². The first-order valence-corrected chi connectivity index (χ1v) is 7.83. The smallest absolute Gasteiger partial charge is 0.0698 e. The van der Waals surface area contributed by atoms with Gasteiger partial charge in [0.1, 0.15) is 0 Å². The van der Waals surface area contributed by atoms with E-state index in [1.807, 2.05) is 17.4 Å². The van der Waals surface area contributed by atoms with Crippen molar-refractivity contribution in [2.24, 2.45) is 0 Å². The first kappa shape index (κ1) is 15.0. The van der Waals surface area contributed by atoms with Gasteiger partial charge in [0.2, 0.25) is 0 Å². The SMILES string of the molecule is CC(C)=Cc1c(-c2ccccc2)sc(C(C)C)c1CO. The van der Waals surface area contributed by atoms with Crippen LogP contribution in [0.5, 0.6) is 0 Å². The van der Waals surface area contributed by atoms with Crippen LogP contribution < -0.4 is 0 Å². The molecule has 0 radical (unpaired) electrons. The topological polar surface area (TPSA) is 20.2 Å². The second-order valence-electron chi connectivity index (χ2n) is 5.59. The first-order chi connectivity index (χ1) is 9.54. The number of allylic oxidation sites excluding steroid dienone is 1. The van der Waals surface area contributed by atoms with Gasteiger partial charge in [-0.05, 0) is 36.5 Å². The fourth-order valence-corrected chi connectivity index (χ4v) is 3.67. The van der Waals surface area contributed by atoms with Gasteiger partial charge in [0.05, 0.1) is 6.61 Å². The van der Waals surface area contributed by atoms with E-state index in [1.54, 1.807) is 0 Å². The highest BCUT2D eigenvalue weighted by atomic mass is 32.1. The zero-order valence-corrected chi connectivity index (χ0v) is 13.4. The molecule has 0 saturated heterocycles. The minimum Gasteiger partial charge on any atom is -0.392 e. The fraction of sp³-hybridized carbons (Fsp3) is 0.333. The van der Waals surface area contributed by atoms with Gasteiger partial charge in [0, 0.05) is 9.75 Å². The molecule has 0 aliphatic carbocycles. The van der Waals surface area contributed by atoms with Crippen molar-refractivity contribution in [2.45, 2.75) is 40.2 Å². The number of thiophene rings is 1. The molecule has 1 aromatic carbocycles. The normalized spacial score (nSPS) is 10.9. The maximum atomic E-state index is 9.80. The Morgan fingerprint density at radius 2 is 1.85 bits per heavy atom. The molecule has 106 valence electrons. The standard InChI is InChI=1S/C18H22OS/c1-12(2)10-15-16(11-19)17(13(3)4)20-18(15)14-8-6-5-7-9-14/h5-10,13,19H,11H2,1-4H3. The third-order valence-electron chi connectivity index (χ3n) is 3.23. The Morgan fingerprint density at radius 1 is 1.20 bits per heavy atom. The highest BCUT2D eigenvalue weighted by Gasteiger charge is 2.18. The van der Waals surface area contributed by atoms with Crippen LogP contribution in [0.2, 0.25) is 0 Å². The van der Waals surface area contributed by atoms with Gasteiger partial charge in [-0.15, -0.1) is 11.3 Å². The highest BCUT2D eigenvalue weighted by Crippen LogP contribution is 2.41. The Morgan fingerprint density at radius 3 is 2.35 bits per heavy atom. The predicted octanol–water partition coefficient (Wildman–Crippen LogP) is 5.45. The molecule has 0 saturated carbocycles. The molecule has 1 heterocycles. The second kappa shape index (κ2) is 6.38. The Hall–Kier alpha value is -1.38. The van der Waals surface area contributed by atoms with Crippen LogP contribution in [0.4, 0.5) is 0 Å². The van der Waals surface area contributed by atoms with E-state index >= 15 is 0 Å². The van der Waals surface area contributed by atoms with Crippen LogP contribution in [-0.2, 0) is 6.61 Å².